The molecule has 0 radical (unpaired) electrons. The van der Waals surface area contributed by atoms with E-state index in [1.54, 1.807) is 6.92 Å². The van der Waals surface area contributed by atoms with Crippen molar-refractivity contribution in [2.75, 3.05) is 13.1 Å². The first-order chi connectivity index (χ1) is 10.1. The van der Waals surface area contributed by atoms with Crippen LogP contribution in [0.4, 0.5) is 0 Å². The highest BCUT2D eigenvalue weighted by Crippen LogP contribution is 2.20. The zero-order valence-corrected chi connectivity index (χ0v) is 14.0. The number of rotatable bonds is 8. The molecule has 4 heteroatoms. The van der Waals surface area contributed by atoms with Crippen LogP contribution < -0.4 is 5.32 Å². The van der Waals surface area contributed by atoms with Gasteiger partial charge in [-0.2, -0.15) is 0 Å². The summed E-state index contributed by atoms with van der Waals surface area (Å²) in [4.78, 5) is 25.6. The normalized spacial score (nSPS) is 17.6. The minimum atomic E-state index is 0.0298. The third-order valence-electron chi connectivity index (χ3n) is 4.46. The van der Waals surface area contributed by atoms with Crippen LogP contribution in [0.15, 0.2) is 0 Å². The average molecular weight is 296 g/mol. The SMILES string of the molecule is CCCCCC[C@@H](CC)C(=O)N1CCC(NC(C)=O)CC1. The van der Waals surface area contributed by atoms with Gasteiger partial charge in [-0.3, -0.25) is 9.59 Å². The molecule has 0 saturated carbocycles. The van der Waals surface area contributed by atoms with Crippen molar-refractivity contribution in [2.45, 2.75) is 78.2 Å². The first-order valence-corrected chi connectivity index (χ1v) is 8.64. The van der Waals surface area contributed by atoms with Crippen molar-refractivity contribution < 1.29 is 9.59 Å². The smallest absolute Gasteiger partial charge is 0.225 e. The molecule has 4 nitrogen and oxygen atoms in total. The van der Waals surface area contributed by atoms with Gasteiger partial charge in [-0.15, -0.1) is 0 Å². The van der Waals surface area contributed by atoms with Gasteiger partial charge in [0.25, 0.3) is 0 Å². The lowest BCUT2D eigenvalue weighted by atomic mass is 9.95. The van der Waals surface area contributed by atoms with Crippen molar-refractivity contribution in [3.05, 3.63) is 0 Å². The standard InChI is InChI=1S/C17H32N2O2/c1-4-6-7-8-9-15(5-2)17(21)19-12-10-16(11-13-19)18-14(3)20/h15-16H,4-13H2,1-3H3,(H,18,20)/t15-/m1/s1. The third kappa shape index (κ3) is 6.49. The summed E-state index contributed by atoms with van der Waals surface area (Å²) in [5.74, 6) is 0.552. The van der Waals surface area contributed by atoms with E-state index in [1.165, 1.54) is 25.7 Å². The maximum Gasteiger partial charge on any atom is 0.225 e. The number of nitrogens with zero attached hydrogens (tertiary/aromatic N) is 1. The lowest BCUT2D eigenvalue weighted by Crippen LogP contribution is -2.47. The van der Waals surface area contributed by atoms with Crippen molar-refractivity contribution >= 4 is 11.8 Å². The van der Waals surface area contributed by atoms with Crippen molar-refractivity contribution in [1.29, 1.82) is 0 Å². The van der Waals surface area contributed by atoms with Crippen LogP contribution in [0.1, 0.15) is 72.1 Å². The number of carbonyl (C=O) groups excluding carboxylic acids is 2. The number of carbonyl (C=O) groups is 2. The van der Waals surface area contributed by atoms with E-state index in [0.717, 1.165) is 38.8 Å². The molecule has 0 aliphatic carbocycles. The van der Waals surface area contributed by atoms with E-state index in [4.69, 9.17) is 0 Å². The van der Waals surface area contributed by atoms with Crippen LogP contribution in [0.2, 0.25) is 0 Å². The first kappa shape index (κ1) is 18.0. The van der Waals surface area contributed by atoms with Gasteiger partial charge in [-0.05, 0) is 25.7 Å². The Labute approximate surface area is 129 Å². The second kappa shape index (κ2) is 9.80. The monoisotopic (exact) mass is 296 g/mol. The molecule has 1 heterocycles. The van der Waals surface area contributed by atoms with Crippen LogP contribution in [-0.2, 0) is 9.59 Å². The number of hydrogen-bond donors (Lipinski definition) is 1. The molecule has 1 aliphatic heterocycles. The van der Waals surface area contributed by atoms with Gasteiger partial charge in [-0.1, -0.05) is 39.5 Å². The van der Waals surface area contributed by atoms with Crippen molar-refractivity contribution in [3.63, 3.8) is 0 Å². The fourth-order valence-electron chi connectivity index (χ4n) is 3.11. The predicted molar refractivity (Wildman–Crippen MR) is 86.0 cm³/mol. The summed E-state index contributed by atoms with van der Waals surface area (Å²) in [6.45, 7) is 7.46. The fourth-order valence-corrected chi connectivity index (χ4v) is 3.11. The van der Waals surface area contributed by atoms with Gasteiger partial charge in [0.05, 0.1) is 0 Å². The highest BCUT2D eigenvalue weighted by molar-refractivity contribution is 5.79. The van der Waals surface area contributed by atoms with Crippen LogP contribution in [0.3, 0.4) is 0 Å². The van der Waals surface area contributed by atoms with E-state index < -0.39 is 0 Å². The number of amides is 2. The molecule has 1 saturated heterocycles. The highest BCUT2D eigenvalue weighted by atomic mass is 16.2. The van der Waals surface area contributed by atoms with Crippen molar-refractivity contribution in [1.82, 2.24) is 10.2 Å². The highest BCUT2D eigenvalue weighted by Gasteiger charge is 2.27. The summed E-state index contributed by atoms with van der Waals surface area (Å²) in [6, 6.07) is 0.246. The van der Waals surface area contributed by atoms with Crippen molar-refractivity contribution in [2.24, 2.45) is 5.92 Å². The minimum absolute atomic E-state index is 0.0298. The number of likely N-dealkylation sites (tertiary alicyclic amines) is 1. The molecule has 0 aromatic carbocycles. The predicted octanol–water partition coefficient (Wildman–Crippen LogP) is 3.11. The minimum Gasteiger partial charge on any atom is -0.353 e. The Bertz CT molecular complexity index is 323. The third-order valence-corrected chi connectivity index (χ3v) is 4.46. The molecule has 21 heavy (non-hydrogen) atoms. The summed E-state index contributed by atoms with van der Waals surface area (Å²) in [5, 5.41) is 2.96. The Morgan fingerprint density at radius 3 is 2.33 bits per heavy atom. The molecule has 1 fully saturated rings. The zero-order valence-electron chi connectivity index (χ0n) is 14.0. The van der Waals surface area contributed by atoms with Gasteiger partial charge in [0.1, 0.15) is 0 Å². The van der Waals surface area contributed by atoms with E-state index in [-0.39, 0.29) is 17.9 Å². The number of nitrogens with one attached hydrogen (secondary N) is 1. The molecular formula is C17H32N2O2. The van der Waals surface area contributed by atoms with Crippen molar-refractivity contribution in [3.8, 4) is 0 Å². The second-order valence-corrected chi connectivity index (χ2v) is 6.25. The lowest BCUT2D eigenvalue weighted by molar-refractivity contribution is -0.137. The Kier molecular flexibility index (Phi) is 8.40. The Balaban J connectivity index is 2.34. The average Bonchev–Trinajstić information content (AvgIpc) is 2.47. The van der Waals surface area contributed by atoms with E-state index in [1.807, 2.05) is 4.90 Å². The molecule has 1 rings (SSSR count). The van der Waals surface area contributed by atoms with E-state index >= 15 is 0 Å². The Hall–Kier alpha value is -1.06. The van der Waals surface area contributed by atoms with Crippen LogP contribution in [0.5, 0.6) is 0 Å². The fraction of sp³-hybridized carbons (Fsp3) is 0.882. The second-order valence-electron chi connectivity index (χ2n) is 6.25. The van der Waals surface area contributed by atoms with Crippen LogP contribution in [-0.4, -0.2) is 35.8 Å². The first-order valence-electron chi connectivity index (χ1n) is 8.64. The zero-order chi connectivity index (χ0) is 15.7. The Morgan fingerprint density at radius 1 is 1.14 bits per heavy atom. The van der Waals surface area contributed by atoms with Gasteiger partial charge in [0, 0.05) is 32.0 Å². The van der Waals surface area contributed by atoms with E-state index in [0.29, 0.717) is 5.91 Å². The lowest BCUT2D eigenvalue weighted by Gasteiger charge is -2.34. The summed E-state index contributed by atoms with van der Waals surface area (Å²) >= 11 is 0. The number of piperidine rings is 1. The largest absolute Gasteiger partial charge is 0.353 e. The molecular weight excluding hydrogens is 264 g/mol. The molecule has 1 atom stereocenters. The Morgan fingerprint density at radius 2 is 1.81 bits per heavy atom. The molecule has 0 aromatic heterocycles. The molecule has 2 amide bonds. The summed E-state index contributed by atoms with van der Waals surface area (Å²) < 4.78 is 0. The molecule has 0 spiro atoms. The number of hydrogen-bond acceptors (Lipinski definition) is 2. The maximum absolute atomic E-state index is 12.6. The summed E-state index contributed by atoms with van der Waals surface area (Å²) in [5.41, 5.74) is 0. The molecule has 0 unspecified atom stereocenters. The van der Waals surface area contributed by atoms with E-state index in [9.17, 15) is 9.59 Å². The topological polar surface area (TPSA) is 49.4 Å². The van der Waals surface area contributed by atoms with Gasteiger partial charge in [0.15, 0.2) is 0 Å². The van der Waals surface area contributed by atoms with Crippen LogP contribution in [0, 0.1) is 5.92 Å². The van der Waals surface area contributed by atoms with Crippen LogP contribution in [0.25, 0.3) is 0 Å². The van der Waals surface area contributed by atoms with Gasteiger partial charge < -0.3 is 10.2 Å². The maximum atomic E-state index is 12.6. The molecule has 1 N–H and O–H groups in total. The van der Waals surface area contributed by atoms with Gasteiger partial charge >= 0.3 is 0 Å². The molecule has 122 valence electrons. The quantitative estimate of drug-likeness (QED) is 0.700. The van der Waals surface area contributed by atoms with E-state index in [2.05, 4.69) is 19.2 Å². The molecule has 1 aliphatic rings. The molecule has 0 bridgehead atoms. The number of unbranched alkanes of at least 4 members (excludes halogenated alkanes) is 3. The van der Waals surface area contributed by atoms with Gasteiger partial charge in [-0.25, -0.2) is 0 Å². The summed E-state index contributed by atoms with van der Waals surface area (Å²) in [7, 11) is 0. The summed E-state index contributed by atoms with van der Waals surface area (Å²) in [6.07, 6.45) is 8.66. The molecule has 0 aromatic rings. The van der Waals surface area contributed by atoms with Crippen LogP contribution >= 0.6 is 0 Å². The van der Waals surface area contributed by atoms with Gasteiger partial charge in [0.2, 0.25) is 11.8 Å².